The maximum Gasteiger partial charge on any atom is 0.165 e. The Kier molecular flexibility index (Phi) is 5.18. The number of hydrogen-bond acceptors (Lipinski definition) is 2. The van der Waals surface area contributed by atoms with Crippen LogP contribution in [0.25, 0.3) is 0 Å². The molecule has 0 saturated heterocycles. The predicted molar refractivity (Wildman–Crippen MR) is 71.9 cm³/mol. The summed E-state index contributed by atoms with van der Waals surface area (Å²) in [5, 5.41) is 3.31. The van der Waals surface area contributed by atoms with Crippen LogP contribution in [0.4, 0.5) is 4.39 Å². The third-order valence-electron chi connectivity index (χ3n) is 2.32. The Morgan fingerprint density at radius 3 is 2.67 bits per heavy atom. The Labute approximate surface area is 109 Å². The van der Waals surface area contributed by atoms with E-state index >= 15 is 0 Å². The lowest BCUT2D eigenvalue weighted by Gasteiger charge is -2.21. The predicted octanol–water partition coefficient (Wildman–Crippen LogP) is 3.12. The summed E-state index contributed by atoms with van der Waals surface area (Å²) in [5.41, 5.74) is 0.787. The van der Waals surface area contributed by atoms with Crippen LogP contribution in [-0.2, 0) is 6.54 Å². The van der Waals surface area contributed by atoms with Crippen molar-refractivity contribution in [2.45, 2.75) is 39.8 Å². The van der Waals surface area contributed by atoms with E-state index in [9.17, 15) is 4.39 Å². The number of rotatable bonds is 4. The number of ether oxygens (including phenoxy) is 1. The van der Waals surface area contributed by atoms with Gasteiger partial charge in [0.25, 0.3) is 0 Å². The molecule has 0 bridgehead atoms. The Balaban J connectivity index is 2.81. The van der Waals surface area contributed by atoms with E-state index in [4.69, 9.17) is 4.74 Å². The fraction of sp³-hybridized carbons (Fsp3) is 0.467. The lowest BCUT2D eigenvalue weighted by atomic mass is 10.1. The van der Waals surface area contributed by atoms with Crippen molar-refractivity contribution in [3.63, 3.8) is 0 Å². The summed E-state index contributed by atoms with van der Waals surface area (Å²) in [6.45, 7) is 8.70. The van der Waals surface area contributed by atoms with Crippen LogP contribution in [0.15, 0.2) is 18.2 Å². The molecule has 98 valence electrons. The first-order valence-corrected chi connectivity index (χ1v) is 5.99. The quantitative estimate of drug-likeness (QED) is 0.828. The molecule has 1 aromatic carbocycles. The van der Waals surface area contributed by atoms with E-state index in [1.165, 1.54) is 6.07 Å². The van der Waals surface area contributed by atoms with E-state index in [0.717, 1.165) is 5.56 Å². The highest BCUT2D eigenvalue weighted by molar-refractivity contribution is 5.35. The van der Waals surface area contributed by atoms with Crippen LogP contribution in [0.3, 0.4) is 0 Å². The second-order valence-electron chi connectivity index (χ2n) is 5.05. The van der Waals surface area contributed by atoms with Crippen molar-refractivity contribution < 1.29 is 9.13 Å². The Morgan fingerprint density at radius 2 is 2.06 bits per heavy atom. The highest BCUT2D eigenvalue weighted by atomic mass is 19.1. The number of para-hydroxylation sites is 1. The van der Waals surface area contributed by atoms with Crippen molar-refractivity contribution in [1.29, 1.82) is 0 Å². The van der Waals surface area contributed by atoms with Crippen LogP contribution in [0.2, 0.25) is 0 Å². The molecule has 1 aromatic rings. The van der Waals surface area contributed by atoms with Crippen LogP contribution in [0, 0.1) is 17.7 Å². The van der Waals surface area contributed by atoms with E-state index in [-0.39, 0.29) is 23.7 Å². The molecular formula is C15H20FNO. The second-order valence-corrected chi connectivity index (χ2v) is 5.05. The van der Waals surface area contributed by atoms with Gasteiger partial charge in [-0.25, -0.2) is 4.39 Å². The molecule has 0 heterocycles. The smallest absolute Gasteiger partial charge is 0.165 e. The number of benzene rings is 1. The van der Waals surface area contributed by atoms with E-state index in [1.807, 2.05) is 6.07 Å². The number of hydrogen-bond donors (Lipinski definition) is 1. The molecule has 0 aliphatic carbocycles. The number of nitrogens with one attached hydrogen (secondary N) is 1. The van der Waals surface area contributed by atoms with Gasteiger partial charge in [0.05, 0.1) is 0 Å². The fourth-order valence-corrected chi connectivity index (χ4v) is 1.40. The van der Waals surface area contributed by atoms with E-state index in [2.05, 4.69) is 37.9 Å². The first-order valence-electron chi connectivity index (χ1n) is 5.99. The largest absolute Gasteiger partial charge is 0.478 e. The fourth-order valence-electron chi connectivity index (χ4n) is 1.40. The molecule has 0 amide bonds. The van der Waals surface area contributed by atoms with Gasteiger partial charge in [-0.3, -0.25) is 0 Å². The van der Waals surface area contributed by atoms with Gasteiger partial charge in [0.15, 0.2) is 11.6 Å². The molecule has 0 aliphatic rings. The zero-order valence-corrected chi connectivity index (χ0v) is 11.4. The van der Waals surface area contributed by atoms with Crippen molar-refractivity contribution in [3.05, 3.63) is 29.6 Å². The highest BCUT2D eigenvalue weighted by Crippen LogP contribution is 2.23. The molecule has 1 N–H and O–H groups in total. The highest BCUT2D eigenvalue weighted by Gasteiger charge is 2.13. The van der Waals surface area contributed by atoms with Gasteiger partial charge in [-0.05, 0) is 33.8 Å². The van der Waals surface area contributed by atoms with Gasteiger partial charge in [0, 0.05) is 17.6 Å². The molecule has 1 rings (SSSR count). The van der Waals surface area contributed by atoms with Gasteiger partial charge in [-0.1, -0.05) is 18.1 Å². The molecule has 0 atom stereocenters. The molecule has 0 saturated carbocycles. The molecule has 2 nitrogen and oxygen atoms in total. The first kappa shape index (κ1) is 14.5. The maximum atomic E-state index is 13.7. The standard InChI is InChI=1S/C15H20FNO/c1-5-6-10-18-14-12(8-7-9-13(14)16)11-17-15(2,3)4/h7-9,17H,10-11H2,1-4H3. The molecule has 0 spiro atoms. The van der Waals surface area contributed by atoms with Crippen LogP contribution in [-0.4, -0.2) is 12.1 Å². The summed E-state index contributed by atoms with van der Waals surface area (Å²) in [6, 6.07) is 4.94. The molecule has 18 heavy (non-hydrogen) atoms. The van der Waals surface area contributed by atoms with Gasteiger partial charge < -0.3 is 10.1 Å². The van der Waals surface area contributed by atoms with Crippen molar-refractivity contribution in [3.8, 4) is 17.6 Å². The SMILES string of the molecule is CC#CCOc1c(F)cccc1CNC(C)(C)C. The van der Waals surface area contributed by atoms with Gasteiger partial charge in [-0.2, -0.15) is 0 Å². The Hall–Kier alpha value is -1.53. The monoisotopic (exact) mass is 249 g/mol. The van der Waals surface area contributed by atoms with Gasteiger partial charge >= 0.3 is 0 Å². The maximum absolute atomic E-state index is 13.7. The third-order valence-corrected chi connectivity index (χ3v) is 2.32. The first-order chi connectivity index (χ1) is 8.44. The van der Waals surface area contributed by atoms with E-state index in [1.54, 1.807) is 13.0 Å². The Bertz CT molecular complexity index is 452. The van der Waals surface area contributed by atoms with Crippen molar-refractivity contribution in [2.75, 3.05) is 6.61 Å². The molecule has 0 fully saturated rings. The molecule has 0 aromatic heterocycles. The summed E-state index contributed by atoms with van der Waals surface area (Å²) in [7, 11) is 0. The summed E-state index contributed by atoms with van der Waals surface area (Å²) in [5.74, 6) is 5.43. The molecule has 0 aliphatic heterocycles. The average molecular weight is 249 g/mol. The minimum absolute atomic E-state index is 0.0210. The minimum Gasteiger partial charge on any atom is -0.478 e. The van der Waals surface area contributed by atoms with Crippen LogP contribution < -0.4 is 10.1 Å². The number of halogens is 1. The van der Waals surface area contributed by atoms with Crippen LogP contribution in [0.1, 0.15) is 33.3 Å². The van der Waals surface area contributed by atoms with Crippen LogP contribution in [0.5, 0.6) is 5.75 Å². The zero-order valence-electron chi connectivity index (χ0n) is 11.4. The summed E-state index contributed by atoms with van der Waals surface area (Å²) < 4.78 is 19.1. The third kappa shape index (κ3) is 4.77. The molecular weight excluding hydrogens is 229 g/mol. The topological polar surface area (TPSA) is 21.3 Å². The lowest BCUT2D eigenvalue weighted by molar-refractivity contribution is 0.338. The van der Waals surface area contributed by atoms with Crippen LogP contribution >= 0.6 is 0 Å². The van der Waals surface area contributed by atoms with Crippen molar-refractivity contribution >= 4 is 0 Å². The van der Waals surface area contributed by atoms with E-state index in [0.29, 0.717) is 6.54 Å². The van der Waals surface area contributed by atoms with Crippen molar-refractivity contribution in [2.24, 2.45) is 0 Å². The molecule has 0 unspecified atom stereocenters. The molecule has 3 heteroatoms. The van der Waals surface area contributed by atoms with Gasteiger partial charge in [-0.15, -0.1) is 5.92 Å². The lowest BCUT2D eigenvalue weighted by Crippen LogP contribution is -2.35. The zero-order chi connectivity index (χ0) is 13.6. The summed E-state index contributed by atoms with van der Waals surface area (Å²) in [4.78, 5) is 0. The summed E-state index contributed by atoms with van der Waals surface area (Å²) in [6.07, 6.45) is 0. The average Bonchev–Trinajstić information content (AvgIpc) is 2.28. The van der Waals surface area contributed by atoms with Gasteiger partial charge in [0.2, 0.25) is 0 Å². The summed E-state index contributed by atoms with van der Waals surface area (Å²) >= 11 is 0. The minimum atomic E-state index is -0.346. The molecule has 0 radical (unpaired) electrons. The normalized spacial score (nSPS) is 10.7. The second kappa shape index (κ2) is 6.42. The van der Waals surface area contributed by atoms with E-state index < -0.39 is 0 Å². The van der Waals surface area contributed by atoms with Crippen molar-refractivity contribution in [1.82, 2.24) is 5.32 Å². The van der Waals surface area contributed by atoms with Gasteiger partial charge in [0.1, 0.15) is 6.61 Å². The Morgan fingerprint density at radius 1 is 1.33 bits per heavy atom.